The quantitative estimate of drug-likeness (QED) is 0.756. The summed E-state index contributed by atoms with van der Waals surface area (Å²) in [7, 11) is 0. The van der Waals surface area contributed by atoms with Crippen LogP contribution >= 0.6 is 11.3 Å². The van der Waals surface area contributed by atoms with Crippen molar-refractivity contribution in [2.24, 2.45) is 0 Å². The largest absolute Gasteiger partial charge is 0.316 e. The summed E-state index contributed by atoms with van der Waals surface area (Å²) in [6.07, 6.45) is 5.93. The van der Waals surface area contributed by atoms with Gasteiger partial charge in [0.1, 0.15) is 17.2 Å². The van der Waals surface area contributed by atoms with Gasteiger partial charge in [-0.15, -0.1) is 16.4 Å². The summed E-state index contributed by atoms with van der Waals surface area (Å²) in [6.45, 7) is 3.06. The van der Waals surface area contributed by atoms with Crippen molar-refractivity contribution in [1.29, 1.82) is 0 Å². The van der Waals surface area contributed by atoms with E-state index in [-0.39, 0.29) is 0 Å². The van der Waals surface area contributed by atoms with E-state index in [1.165, 1.54) is 11.3 Å². The van der Waals surface area contributed by atoms with Gasteiger partial charge in [0.05, 0.1) is 6.20 Å². The number of pyridine rings is 1. The predicted molar refractivity (Wildman–Crippen MR) is 83.6 cm³/mol. The van der Waals surface area contributed by atoms with Crippen molar-refractivity contribution < 1.29 is 0 Å². The molecule has 3 rings (SSSR count). The summed E-state index contributed by atoms with van der Waals surface area (Å²) in [5.74, 6) is 0.782. The highest BCUT2D eigenvalue weighted by Gasteiger charge is 2.09. The number of hydrogen-bond acceptors (Lipinski definition) is 6. The number of thiazole rings is 1. The second-order valence-electron chi connectivity index (χ2n) is 4.60. The molecule has 0 aliphatic rings. The topological polar surface area (TPSA) is 68.5 Å². The second kappa shape index (κ2) is 6.45. The summed E-state index contributed by atoms with van der Waals surface area (Å²) in [5, 5.41) is 14.2. The SMILES string of the molecule is CCCCn1cc(-c2csc(Nc3ccccn3)n2)nn1. The van der Waals surface area contributed by atoms with Crippen molar-refractivity contribution >= 4 is 22.3 Å². The highest BCUT2D eigenvalue weighted by atomic mass is 32.1. The van der Waals surface area contributed by atoms with Gasteiger partial charge in [0.2, 0.25) is 0 Å². The van der Waals surface area contributed by atoms with E-state index >= 15 is 0 Å². The minimum atomic E-state index is 0.782. The third kappa shape index (κ3) is 3.43. The Labute approximate surface area is 126 Å². The lowest BCUT2D eigenvalue weighted by atomic mass is 10.3. The molecule has 0 aromatic carbocycles. The average molecular weight is 300 g/mol. The molecule has 3 heterocycles. The van der Waals surface area contributed by atoms with Gasteiger partial charge >= 0.3 is 0 Å². The number of aromatic nitrogens is 5. The molecule has 21 heavy (non-hydrogen) atoms. The van der Waals surface area contributed by atoms with Crippen molar-refractivity contribution in [2.45, 2.75) is 26.3 Å². The van der Waals surface area contributed by atoms with Crippen molar-refractivity contribution in [3.8, 4) is 11.4 Å². The monoisotopic (exact) mass is 300 g/mol. The number of unbranched alkanes of at least 4 members (excludes halogenated alkanes) is 1. The van der Waals surface area contributed by atoms with Gasteiger partial charge in [-0.1, -0.05) is 24.6 Å². The van der Waals surface area contributed by atoms with E-state index in [1.54, 1.807) is 6.20 Å². The van der Waals surface area contributed by atoms with E-state index in [1.807, 2.05) is 34.5 Å². The molecule has 0 saturated heterocycles. The van der Waals surface area contributed by atoms with Gasteiger partial charge < -0.3 is 5.32 Å². The van der Waals surface area contributed by atoms with Gasteiger partial charge in [0.25, 0.3) is 0 Å². The lowest BCUT2D eigenvalue weighted by Crippen LogP contribution is -1.97. The summed E-state index contributed by atoms with van der Waals surface area (Å²) in [4.78, 5) is 8.74. The Morgan fingerprint density at radius 2 is 2.24 bits per heavy atom. The van der Waals surface area contributed by atoms with Crippen molar-refractivity contribution in [3.63, 3.8) is 0 Å². The van der Waals surface area contributed by atoms with Gasteiger partial charge in [-0.25, -0.2) is 9.97 Å². The Morgan fingerprint density at radius 1 is 1.29 bits per heavy atom. The lowest BCUT2D eigenvalue weighted by Gasteiger charge is -1.99. The molecule has 0 atom stereocenters. The Morgan fingerprint density at radius 3 is 3.05 bits per heavy atom. The number of aryl methyl sites for hydroxylation is 1. The van der Waals surface area contributed by atoms with Crippen LogP contribution in [0.15, 0.2) is 36.0 Å². The molecule has 0 fully saturated rings. The first kappa shape index (κ1) is 13.7. The fourth-order valence-electron chi connectivity index (χ4n) is 1.84. The molecule has 0 bridgehead atoms. The van der Waals surface area contributed by atoms with E-state index in [0.717, 1.165) is 41.7 Å². The first-order valence-corrected chi connectivity index (χ1v) is 7.77. The zero-order valence-electron chi connectivity index (χ0n) is 11.7. The number of nitrogens with zero attached hydrogens (tertiary/aromatic N) is 5. The van der Waals surface area contributed by atoms with Gasteiger partial charge in [0.15, 0.2) is 5.13 Å². The van der Waals surface area contributed by atoms with Crippen LogP contribution in [0, 0.1) is 0 Å². The standard InChI is InChI=1S/C14H16N6S/c1-2-3-8-20-9-11(18-19-20)12-10-21-14(16-12)17-13-6-4-5-7-15-13/h4-7,9-10H,2-3,8H2,1H3,(H,15,16,17). The minimum absolute atomic E-state index is 0.782. The van der Waals surface area contributed by atoms with E-state index in [2.05, 4.69) is 32.5 Å². The number of anilines is 2. The molecule has 1 N–H and O–H groups in total. The first-order valence-electron chi connectivity index (χ1n) is 6.89. The summed E-state index contributed by atoms with van der Waals surface area (Å²) >= 11 is 1.53. The molecule has 0 saturated carbocycles. The number of nitrogens with one attached hydrogen (secondary N) is 1. The van der Waals surface area contributed by atoms with Gasteiger partial charge in [-0.3, -0.25) is 4.68 Å². The molecule has 0 aliphatic carbocycles. The Hall–Kier alpha value is -2.28. The summed E-state index contributed by atoms with van der Waals surface area (Å²) in [5.41, 5.74) is 1.64. The van der Waals surface area contributed by atoms with Crippen LogP contribution in [0.2, 0.25) is 0 Å². The van der Waals surface area contributed by atoms with Crippen LogP contribution in [0.5, 0.6) is 0 Å². The number of hydrogen-bond donors (Lipinski definition) is 1. The maximum atomic E-state index is 4.52. The van der Waals surface area contributed by atoms with Crippen molar-refractivity contribution in [3.05, 3.63) is 36.0 Å². The van der Waals surface area contributed by atoms with Crippen LogP contribution in [0.25, 0.3) is 11.4 Å². The lowest BCUT2D eigenvalue weighted by molar-refractivity contribution is 0.553. The van der Waals surface area contributed by atoms with Gasteiger partial charge in [-0.2, -0.15) is 0 Å². The second-order valence-corrected chi connectivity index (χ2v) is 5.46. The van der Waals surface area contributed by atoms with Crippen LogP contribution in [0.4, 0.5) is 10.9 Å². The highest BCUT2D eigenvalue weighted by molar-refractivity contribution is 7.14. The molecule has 0 unspecified atom stereocenters. The van der Waals surface area contributed by atoms with Crippen molar-refractivity contribution in [2.75, 3.05) is 5.32 Å². The Balaban J connectivity index is 1.71. The smallest absolute Gasteiger partial charge is 0.188 e. The fraction of sp³-hybridized carbons (Fsp3) is 0.286. The van der Waals surface area contributed by atoms with Gasteiger partial charge in [-0.05, 0) is 18.6 Å². The van der Waals surface area contributed by atoms with Gasteiger partial charge in [0, 0.05) is 18.1 Å². The number of rotatable bonds is 6. The molecule has 0 aliphatic heterocycles. The molecule has 0 amide bonds. The van der Waals surface area contributed by atoms with E-state index in [9.17, 15) is 0 Å². The first-order chi connectivity index (χ1) is 10.3. The minimum Gasteiger partial charge on any atom is -0.316 e. The predicted octanol–water partition coefficient (Wildman–Crippen LogP) is 3.34. The fourth-order valence-corrected chi connectivity index (χ4v) is 2.55. The summed E-state index contributed by atoms with van der Waals surface area (Å²) in [6, 6.07) is 5.72. The molecular formula is C14H16N6S. The summed E-state index contributed by atoms with van der Waals surface area (Å²) < 4.78 is 1.87. The van der Waals surface area contributed by atoms with Crippen molar-refractivity contribution in [1.82, 2.24) is 25.0 Å². The molecule has 3 aromatic rings. The maximum absolute atomic E-state index is 4.52. The molecule has 6 nitrogen and oxygen atoms in total. The van der Waals surface area contributed by atoms with Crippen LogP contribution in [-0.2, 0) is 6.54 Å². The third-order valence-corrected chi connectivity index (χ3v) is 3.70. The zero-order valence-corrected chi connectivity index (χ0v) is 12.5. The maximum Gasteiger partial charge on any atom is 0.188 e. The average Bonchev–Trinajstić information content (AvgIpc) is 3.15. The van der Waals surface area contributed by atoms with Crippen LogP contribution in [-0.4, -0.2) is 25.0 Å². The van der Waals surface area contributed by atoms with E-state index in [0.29, 0.717) is 0 Å². The molecule has 0 spiro atoms. The molecule has 7 heteroatoms. The molecule has 108 valence electrons. The molecule has 3 aromatic heterocycles. The Kier molecular flexibility index (Phi) is 4.20. The highest BCUT2D eigenvalue weighted by Crippen LogP contribution is 2.25. The van der Waals surface area contributed by atoms with Crippen LogP contribution in [0.3, 0.4) is 0 Å². The van der Waals surface area contributed by atoms with Crippen LogP contribution in [0.1, 0.15) is 19.8 Å². The van der Waals surface area contributed by atoms with E-state index in [4.69, 9.17) is 0 Å². The zero-order chi connectivity index (χ0) is 14.5. The molecular weight excluding hydrogens is 284 g/mol. The van der Waals surface area contributed by atoms with Crippen LogP contribution < -0.4 is 5.32 Å². The molecule has 0 radical (unpaired) electrons. The van der Waals surface area contributed by atoms with E-state index < -0.39 is 0 Å². The Bertz CT molecular complexity index is 690. The normalized spacial score (nSPS) is 10.7. The third-order valence-electron chi connectivity index (χ3n) is 2.95.